The molecule has 0 radical (unpaired) electrons. The average Bonchev–Trinajstić information content (AvgIpc) is 2.53. The number of hydrogen-bond donors (Lipinski definition) is 0. The minimum absolute atomic E-state index is 0.290. The first-order chi connectivity index (χ1) is 10.6. The van der Waals surface area contributed by atoms with Crippen LogP contribution in [0.4, 0.5) is 11.6 Å². The van der Waals surface area contributed by atoms with E-state index in [0.29, 0.717) is 5.75 Å². The molecule has 1 unspecified atom stereocenters. The number of alkyl halides is 3. The molecule has 0 aliphatic heterocycles. The standard InChI is InChI=1S/C14H13F3IO4S/c1-22-13-9-7-12(8-10-13)18(17,11-5-3-2-4-6-11)14(15,16)23(19,20)21/h2-10H,1H3,(H,19,20,21)/q-1/p-1. The zero-order valence-corrected chi connectivity index (χ0v) is 14.7. The van der Waals surface area contributed by atoms with Crippen molar-refractivity contribution in [1.82, 2.24) is 0 Å². The zero-order valence-electron chi connectivity index (χ0n) is 11.7. The van der Waals surface area contributed by atoms with Crippen molar-refractivity contribution < 1.29 is 48.4 Å². The molecule has 0 N–H and O–H groups in total. The molecule has 2 aromatic carbocycles. The van der Waals surface area contributed by atoms with E-state index in [-0.39, 0.29) is 0 Å². The second-order valence-corrected chi connectivity index (χ2v) is 13.2. The summed E-state index contributed by atoms with van der Waals surface area (Å²) in [5.74, 6) is 0.290. The summed E-state index contributed by atoms with van der Waals surface area (Å²) in [4.78, 5) is 0. The SMILES string of the molecule is COc1ccc([I-](F)(c2ccccc2)C(F)(F)S(=O)(=O)[O-])cc1. The molecule has 0 saturated carbocycles. The second kappa shape index (κ2) is 6.29. The summed E-state index contributed by atoms with van der Waals surface area (Å²) < 4.78 is 76.2. The summed E-state index contributed by atoms with van der Waals surface area (Å²) in [5, 5.41) is 0. The van der Waals surface area contributed by atoms with Crippen LogP contribution in [-0.4, -0.2) is 23.3 Å². The van der Waals surface area contributed by atoms with Gasteiger partial charge in [-0.2, -0.15) is 0 Å². The summed E-state index contributed by atoms with van der Waals surface area (Å²) in [6.07, 6.45) is 0. The van der Waals surface area contributed by atoms with E-state index in [2.05, 4.69) is 0 Å². The van der Waals surface area contributed by atoms with Gasteiger partial charge in [-0.1, -0.05) is 0 Å². The van der Waals surface area contributed by atoms with Crippen LogP contribution in [-0.2, 0) is 10.1 Å². The van der Waals surface area contributed by atoms with Gasteiger partial charge in [-0.3, -0.25) is 0 Å². The molecular weight excluding hydrogens is 448 g/mol. The van der Waals surface area contributed by atoms with Gasteiger partial charge in [-0.15, -0.1) is 0 Å². The Kier molecular flexibility index (Phi) is 4.92. The molecule has 2 rings (SSSR count). The third-order valence-electron chi connectivity index (χ3n) is 2.97. The van der Waals surface area contributed by atoms with E-state index in [4.69, 9.17) is 4.74 Å². The van der Waals surface area contributed by atoms with Crippen LogP contribution in [0.5, 0.6) is 5.75 Å². The van der Waals surface area contributed by atoms with Gasteiger partial charge in [0.1, 0.15) is 0 Å². The van der Waals surface area contributed by atoms with Gasteiger partial charge in [0.15, 0.2) is 0 Å². The van der Waals surface area contributed by atoms with Gasteiger partial charge in [0, 0.05) is 0 Å². The van der Waals surface area contributed by atoms with Crippen molar-refractivity contribution in [2.75, 3.05) is 7.11 Å². The fraction of sp³-hybridized carbons (Fsp3) is 0.143. The molecule has 128 valence electrons. The van der Waals surface area contributed by atoms with Crippen molar-refractivity contribution in [2.24, 2.45) is 0 Å². The number of benzene rings is 2. The van der Waals surface area contributed by atoms with Gasteiger partial charge in [0.25, 0.3) is 0 Å². The Bertz CT molecular complexity index is 781. The quantitative estimate of drug-likeness (QED) is 0.355. The van der Waals surface area contributed by atoms with Crippen molar-refractivity contribution in [1.29, 1.82) is 0 Å². The maximum absolute atomic E-state index is 15.6. The molecule has 0 amide bonds. The van der Waals surface area contributed by atoms with E-state index in [1.807, 2.05) is 0 Å². The molecule has 1 atom stereocenters. The molecule has 0 spiro atoms. The predicted octanol–water partition coefficient (Wildman–Crippen LogP) is -0.125. The average molecular weight is 460 g/mol. The number of methoxy groups -OCH3 is 1. The van der Waals surface area contributed by atoms with Crippen molar-refractivity contribution >= 4 is 10.1 Å². The Morgan fingerprint density at radius 2 is 1.48 bits per heavy atom. The number of halogens is 4. The van der Waals surface area contributed by atoms with E-state index in [0.717, 1.165) is 24.3 Å². The van der Waals surface area contributed by atoms with Crippen LogP contribution in [0.1, 0.15) is 0 Å². The molecule has 0 aromatic heterocycles. The Labute approximate surface area is 136 Å². The number of rotatable bonds is 5. The van der Waals surface area contributed by atoms with Crippen LogP contribution in [0.25, 0.3) is 0 Å². The summed E-state index contributed by atoms with van der Waals surface area (Å²) in [7, 11) is -4.84. The predicted molar refractivity (Wildman–Crippen MR) is 72.6 cm³/mol. The van der Waals surface area contributed by atoms with Gasteiger partial charge in [0.05, 0.1) is 0 Å². The molecule has 0 bridgehead atoms. The van der Waals surface area contributed by atoms with E-state index >= 15 is 2.86 Å². The Balaban J connectivity index is 2.75. The van der Waals surface area contributed by atoms with Gasteiger partial charge in [-0.25, -0.2) is 0 Å². The molecule has 4 nitrogen and oxygen atoms in total. The Hall–Kier alpha value is -1.33. The molecule has 0 aliphatic carbocycles. The van der Waals surface area contributed by atoms with E-state index in [1.165, 1.54) is 37.4 Å². The second-order valence-electron chi connectivity index (χ2n) is 4.35. The monoisotopic (exact) mass is 460 g/mol. The topological polar surface area (TPSA) is 66.4 Å². The van der Waals surface area contributed by atoms with Crippen LogP contribution < -0.4 is 23.7 Å². The maximum atomic E-state index is 15.6. The Morgan fingerprint density at radius 1 is 1.00 bits per heavy atom. The van der Waals surface area contributed by atoms with Gasteiger partial charge >= 0.3 is 136 Å². The molecule has 2 aromatic rings. The summed E-state index contributed by atoms with van der Waals surface area (Å²) >= 11 is -6.24. The Morgan fingerprint density at radius 3 is 1.91 bits per heavy atom. The summed E-state index contributed by atoms with van der Waals surface area (Å²) in [6.45, 7) is 0. The van der Waals surface area contributed by atoms with E-state index < -0.39 is 39.5 Å². The first-order valence-corrected chi connectivity index (χ1v) is 11.6. The van der Waals surface area contributed by atoms with E-state index in [9.17, 15) is 21.8 Å². The third-order valence-corrected chi connectivity index (χ3v) is 13.2. The normalized spacial score (nSPS) is 16.4. The first kappa shape index (κ1) is 18.0. The van der Waals surface area contributed by atoms with Crippen LogP contribution >= 0.6 is 0 Å². The van der Waals surface area contributed by atoms with Crippen molar-refractivity contribution in [3.63, 3.8) is 0 Å². The van der Waals surface area contributed by atoms with Gasteiger partial charge in [0.2, 0.25) is 0 Å². The van der Waals surface area contributed by atoms with E-state index in [1.54, 1.807) is 0 Å². The first-order valence-electron chi connectivity index (χ1n) is 6.14. The molecular formula is C14H12F3IO4S-2. The molecule has 23 heavy (non-hydrogen) atoms. The molecule has 0 fully saturated rings. The molecule has 0 saturated heterocycles. The molecule has 0 heterocycles. The van der Waals surface area contributed by atoms with Crippen molar-refractivity contribution in [3.05, 3.63) is 61.7 Å². The van der Waals surface area contributed by atoms with Gasteiger partial charge < -0.3 is 0 Å². The van der Waals surface area contributed by atoms with Crippen LogP contribution in [0.2, 0.25) is 0 Å². The third kappa shape index (κ3) is 3.04. The summed E-state index contributed by atoms with van der Waals surface area (Å²) in [6, 6.07) is 10.8. The fourth-order valence-electron chi connectivity index (χ4n) is 1.84. The summed E-state index contributed by atoms with van der Waals surface area (Å²) in [5.41, 5.74) is 0. The number of ether oxygens (including phenoxy) is 1. The van der Waals surface area contributed by atoms with Gasteiger partial charge in [-0.05, 0) is 0 Å². The fourth-order valence-corrected chi connectivity index (χ4v) is 10.5. The van der Waals surface area contributed by atoms with Crippen molar-refractivity contribution in [3.8, 4) is 5.75 Å². The van der Waals surface area contributed by atoms with Crippen molar-refractivity contribution in [2.45, 2.75) is 3.26 Å². The van der Waals surface area contributed by atoms with Crippen LogP contribution in [0.15, 0.2) is 54.6 Å². The molecule has 9 heteroatoms. The van der Waals surface area contributed by atoms with Crippen LogP contribution in [0.3, 0.4) is 0 Å². The zero-order chi connectivity index (χ0) is 17.3. The number of hydrogen-bond acceptors (Lipinski definition) is 4. The van der Waals surface area contributed by atoms with Crippen LogP contribution in [0, 0.1) is 7.14 Å². The molecule has 0 aliphatic rings. The minimum atomic E-state index is -6.24.